The second kappa shape index (κ2) is 7.27. The second-order valence-corrected chi connectivity index (χ2v) is 5.39. The van der Waals surface area contributed by atoms with Crippen molar-refractivity contribution in [2.24, 2.45) is 11.8 Å². The van der Waals surface area contributed by atoms with Gasteiger partial charge >= 0.3 is 5.97 Å². The van der Waals surface area contributed by atoms with E-state index in [4.69, 9.17) is 5.11 Å². The molecule has 1 aliphatic rings. The van der Waals surface area contributed by atoms with Crippen LogP contribution >= 0.6 is 0 Å². The fraction of sp³-hybridized carbons (Fsp3) is 0.562. The average Bonchev–Trinajstić information content (AvgIpc) is 2.30. The lowest BCUT2D eigenvalue weighted by Gasteiger charge is -2.29. The molecule has 0 saturated heterocycles. The summed E-state index contributed by atoms with van der Waals surface area (Å²) in [6.07, 6.45) is 7.42. The first kappa shape index (κ1) is 15.7. The summed E-state index contributed by atoms with van der Waals surface area (Å²) in [5.41, 5.74) is 2.03. The van der Waals surface area contributed by atoms with Gasteiger partial charge in [0, 0.05) is 6.42 Å². The van der Waals surface area contributed by atoms with E-state index >= 15 is 0 Å². The average molecular weight is 266 g/mol. The van der Waals surface area contributed by atoms with Crippen molar-refractivity contribution in [1.82, 2.24) is 0 Å². The standard InChI is InChI=1S/C16H23FO2/c1-4-15(11(2)9-12(3)17)14-7-5-13(6-8-14)10-16(18)19/h4,9,13-14H,1,5-8,10H2,2-3H3,(H,18,19)/b12-9+,15-11-/t13-,14-. The number of allylic oxidation sites excluding steroid dienone is 5. The molecule has 0 spiro atoms. The van der Waals surface area contributed by atoms with Gasteiger partial charge in [-0.25, -0.2) is 4.39 Å². The van der Waals surface area contributed by atoms with Gasteiger partial charge in [0.2, 0.25) is 0 Å². The Bertz CT molecular complexity index is 395. The van der Waals surface area contributed by atoms with Crippen molar-refractivity contribution in [3.05, 3.63) is 35.7 Å². The van der Waals surface area contributed by atoms with Crippen molar-refractivity contribution in [3.63, 3.8) is 0 Å². The number of carboxylic acid groups (broad SMARTS) is 1. The fourth-order valence-corrected chi connectivity index (χ4v) is 2.96. The first-order valence-electron chi connectivity index (χ1n) is 6.82. The van der Waals surface area contributed by atoms with Crippen molar-refractivity contribution in [2.75, 3.05) is 0 Å². The predicted molar refractivity (Wildman–Crippen MR) is 75.5 cm³/mol. The quantitative estimate of drug-likeness (QED) is 0.736. The van der Waals surface area contributed by atoms with Gasteiger partial charge in [-0.1, -0.05) is 12.7 Å². The Morgan fingerprint density at radius 3 is 2.32 bits per heavy atom. The molecule has 19 heavy (non-hydrogen) atoms. The van der Waals surface area contributed by atoms with Crippen LogP contribution in [0.2, 0.25) is 0 Å². The topological polar surface area (TPSA) is 37.3 Å². The molecular weight excluding hydrogens is 243 g/mol. The molecule has 0 aromatic heterocycles. The summed E-state index contributed by atoms with van der Waals surface area (Å²) in [7, 11) is 0. The van der Waals surface area contributed by atoms with Gasteiger partial charge in [0.1, 0.15) is 0 Å². The van der Waals surface area contributed by atoms with Crippen LogP contribution in [-0.4, -0.2) is 11.1 Å². The van der Waals surface area contributed by atoms with E-state index in [1.54, 1.807) is 6.08 Å². The number of hydrogen-bond acceptors (Lipinski definition) is 1. The lowest BCUT2D eigenvalue weighted by atomic mass is 9.76. The lowest BCUT2D eigenvalue weighted by Crippen LogP contribution is -2.18. The minimum Gasteiger partial charge on any atom is -0.481 e. The zero-order chi connectivity index (χ0) is 14.4. The van der Waals surface area contributed by atoms with Crippen molar-refractivity contribution >= 4 is 5.97 Å². The number of carbonyl (C=O) groups is 1. The van der Waals surface area contributed by atoms with E-state index in [1.807, 2.05) is 13.0 Å². The van der Waals surface area contributed by atoms with Crippen LogP contribution in [0.5, 0.6) is 0 Å². The maximum Gasteiger partial charge on any atom is 0.303 e. The normalized spacial score (nSPS) is 25.7. The number of hydrogen-bond donors (Lipinski definition) is 1. The Kier molecular flexibility index (Phi) is 6.00. The van der Waals surface area contributed by atoms with Crippen molar-refractivity contribution in [2.45, 2.75) is 46.0 Å². The van der Waals surface area contributed by atoms with Gasteiger partial charge < -0.3 is 5.11 Å². The summed E-state index contributed by atoms with van der Waals surface area (Å²) in [4.78, 5) is 10.7. The van der Waals surface area contributed by atoms with Crippen LogP contribution in [0.1, 0.15) is 46.0 Å². The van der Waals surface area contributed by atoms with E-state index in [1.165, 1.54) is 6.92 Å². The Balaban J connectivity index is 2.69. The van der Waals surface area contributed by atoms with E-state index in [0.717, 1.165) is 36.8 Å². The zero-order valence-electron chi connectivity index (χ0n) is 11.8. The van der Waals surface area contributed by atoms with Crippen molar-refractivity contribution < 1.29 is 14.3 Å². The molecule has 3 heteroatoms. The summed E-state index contributed by atoms with van der Waals surface area (Å²) < 4.78 is 12.9. The van der Waals surface area contributed by atoms with Gasteiger partial charge in [-0.05, 0) is 68.6 Å². The SMILES string of the molecule is C=C/C(=C(C)/C=C(\C)F)[C@H]1CC[C@H](CC(=O)O)CC1. The molecule has 0 bridgehead atoms. The van der Waals surface area contributed by atoms with E-state index in [-0.39, 0.29) is 12.2 Å². The van der Waals surface area contributed by atoms with Crippen LogP contribution in [0.4, 0.5) is 4.39 Å². The number of rotatable bonds is 5. The van der Waals surface area contributed by atoms with Gasteiger partial charge in [-0.3, -0.25) is 4.79 Å². The summed E-state index contributed by atoms with van der Waals surface area (Å²) in [5, 5.41) is 8.80. The van der Waals surface area contributed by atoms with Crippen LogP contribution in [0.25, 0.3) is 0 Å². The first-order valence-corrected chi connectivity index (χ1v) is 6.82. The van der Waals surface area contributed by atoms with E-state index < -0.39 is 5.97 Å². The van der Waals surface area contributed by atoms with Gasteiger partial charge in [-0.15, -0.1) is 0 Å². The molecule has 1 fully saturated rings. The minimum absolute atomic E-state index is 0.198. The smallest absolute Gasteiger partial charge is 0.303 e. The number of halogens is 1. The van der Waals surface area contributed by atoms with Crippen LogP contribution in [0.3, 0.4) is 0 Å². The number of carboxylic acids is 1. The Morgan fingerprint density at radius 2 is 1.89 bits per heavy atom. The molecule has 2 nitrogen and oxygen atoms in total. The monoisotopic (exact) mass is 266 g/mol. The molecule has 1 rings (SSSR count). The maximum absolute atomic E-state index is 12.9. The maximum atomic E-state index is 12.9. The Hall–Kier alpha value is -1.38. The van der Waals surface area contributed by atoms with Crippen molar-refractivity contribution in [1.29, 1.82) is 0 Å². The molecular formula is C16H23FO2. The zero-order valence-corrected chi connectivity index (χ0v) is 11.8. The third-order valence-electron chi connectivity index (χ3n) is 3.84. The molecule has 0 atom stereocenters. The molecule has 1 aliphatic carbocycles. The molecule has 106 valence electrons. The van der Waals surface area contributed by atoms with E-state index in [0.29, 0.717) is 11.8 Å². The molecule has 0 aromatic rings. The molecule has 1 saturated carbocycles. The Morgan fingerprint density at radius 1 is 1.32 bits per heavy atom. The third-order valence-corrected chi connectivity index (χ3v) is 3.84. The highest BCUT2D eigenvalue weighted by atomic mass is 19.1. The van der Waals surface area contributed by atoms with Crippen LogP contribution in [-0.2, 0) is 4.79 Å². The second-order valence-electron chi connectivity index (χ2n) is 5.39. The fourth-order valence-electron chi connectivity index (χ4n) is 2.96. The summed E-state index contributed by atoms with van der Waals surface area (Å²) in [6, 6.07) is 0. The Labute approximate surface area is 114 Å². The van der Waals surface area contributed by atoms with Gasteiger partial charge in [-0.2, -0.15) is 0 Å². The van der Waals surface area contributed by atoms with Gasteiger partial charge in [0.15, 0.2) is 0 Å². The molecule has 0 unspecified atom stereocenters. The molecule has 0 radical (unpaired) electrons. The van der Waals surface area contributed by atoms with Crippen LogP contribution in [0.15, 0.2) is 35.7 Å². The molecule has 0 aromatic carbocycles. The molecule has 0 amide bonds. The molecule has 0 heterocycles. The number of aliphatic carboxylic acids is 1. The van der Waals surface area contributed by atoms with E-state index in [2.05, 4.69) is 6.58 Å². The molecule has 0 aliphatic heterocycles. The van der Waals surface area contributed by atoms with Crippen molar-refractivity contribution in [3.8, 4) is 0 Å². The lowest BCUT2D eigenvalue weighted by molar-refractivity contribution is -0.138. The predicted octanol–water partition coefficient (Wildman–Crippen LogP) is 4.64. The molecule has 1 N–H and O–H groups in total. The summed E-state index contributed by atoms with van der Waals surface area (Å²) in [5.74, 6) is -0.233. The van der Waals surface area contributed by atoms with E-state index in [9.17, 15) is 9.18 Å². The highest BCUT2D eigenvalue weighted by Crippen LogP contribution is 2.36. The summed E-state index contributed by atoms with van der Waals surface area (Å²) in [6.45, 7) is 7.17. The van der Waals surface area contributed by atoms with Crippen LogP contribution in [0, 0.1) is 11.8 Å². The largest absolute Gasteiger partial charge is 0.481 e. The highest BCUT2D eigenvalue weighted by molar-refractivity contribution is 5.67. The third kappa shape index (κ3) is 5.01. The van der Waals surface area contributed by atoms with Gasteiger partial charge in [0.05, 0.1) is 5.83 Å². The summed E-state index contributed by atoms with van der Waals surface area (Å²) >= 11 is 0. The minimum atomic E-state index is -0.713. The highest BCUT2D eigenvalue weighted by Gasteiger charge is 2.24. The first-order chi connectivity index (χ1) is 8.93. The van der Waals surface area contributed by atoms with Gasteiger partial charge in [0.25, 0.3) is 0 Å². The van der Waals surface area contributed by atoms with Crippen LogP contribution < -0.4 is 0 Å².